The molecule has 0 atom stereocenters. The Kier molecular flexibility index (Phi) is 5.25. The topological polar surface area (TPSA) is 87.4 Å². The standard InChI is InChI=1S/C16H22N6O2/c1-2-3-6-17-16-19-14(12-18-20-16)21-7-9-22(10-8-21)15(23)13-5-4-11-24-13/h4-5,11-12H,2-3,6-10H2,1H3,(H,17,19,20). The molecule has 1 aliphatic rings. The van der Waals surface area contributed by atoms with Crippen molar-refractivity contribution in [2.45, 2.75) is 19.8 Å². The van der Waals surface area contributed by atoms with Gasteiger partial charge in [0.2, 0.25) is 5.95 Å². The van der Waals surface area contributed by atoms with E-state index < -0.39 is 0 Å². The number of hydrogen-bond acceptors (Lipinski definition) is 7. The lowest BCUT2D eigenvalue weighted by Crippen LogP contribution is -2.49. The van der Waals surface area contributed by atoms with Crippen LogP contribution in [0.4, 0.5) is 11.8 Å². The zero-order chi connectivity index (χ0) is 16.8. The number of nitrogens with zero attached hydrogens (tertiary/aromatic N) is 5. The third-order valence-electron chi connectivity index (χ3n) is 3.98. The van der Waals surface area contributed by atoms with E-state index in [1.807, 2.05) is 0 Å². The Balaban J connectivity index is 1.56. The summed E-state index contributed by atoms with van der Waals surface area (Å²) in [5, 5.41) is 11.2. The maximum atomic E-state index is 12.3. The zero-order valence-electron chi connectivity index (χ0n) is 13.8. The van der Waals surface area contributed by atoms with Crippen molar-refractivity contribution in [1.82, 2.24) is 20.1 Å². The molecule has 24 heavy (non-hydrogen) atoms. The van der Waals surface area contributed by atoms with Crippen LogP contribution in [0.5, 0.6) is 0 Å². The lowest BCUT2D eigenvalue weighted by atomic mass is 10.3. The number of hydrogen-bond donors (Lipinski definition) is 1. The molecule has 2 aromatic heterocycles. The SMILES string of the molecule is CCCCNc1nncc(N2CCN(C(=O)c3ccco3)CC2)n1. The zero-order valence-corrected chi connectivity index (χ0v) is 13.8. The minimum Gasteiger partial charge on any atom is -0.459 e. The average Bonchev–Trinajstić information content (AvgIpc) is 3.16. The molecular weight excluding hydrogens is 308 g/mol. The van der Waals surface area contributed by atoms with Crippen LogP contribution >= 0.6 is 0 Å². The molecule has 1 aliphatic heterocycles. The van der Waals surface area contributed by atoms with Crippen molar-refractivity contribution >= 4 is 17.7 Å². The fourth-order valence-corrected chi connectivity index (χ4v) is 2.59. The van der Waals surface area contributed by atoms with Gasteiger partial charge in [-0.3, -0.25) is 4.79 Å². The van der Waals surface area contributed by atoms with Gasteiger partial charge in [-0.25, -0.2) is 0 Å². The number of piperazine rings is 1. The predicted octanol–water partition coefficient (Wildman–Crippen LogP) is 1.64. The van der Waals surface area contributed by atoms with Crippen LogP contribution in [0.15, 0.2) is 29.0 Å². The number of anilines is 2. The van der Waals surface area contributed by atoms with Gasteiger partial charge in [0.15, 0.2) is 11.6 Å². The Bertz CT molecular complexity index is 652. The highest BCUT2D eigenvalue weighted by molar-refractivity contribution is 5.91. The number of carbonyl (C=O) groups is 1. The molecule has 0 radical (unpaired) electrons. The first-order valence-electron chi connectivity index (χ1n) is 8.29. The summed E-state index contributed by atoms with van der Waals surface area (Å²) < 4.78 is 5.18. The Morgan fingerprint density at radius 1 is 1.33 bits per heavy atom. The summed E-state index contributed by atoms with van der Waals surface area (Å²) in [5.74, 6) is 1.65. The molecule has 1 fully saturated rings. The highest BCUT2D eigenvalue weighted by atomic mass is 16.3. The molecule has 0 aromatic carbocycles. The van der Waals surface area contributed by atoms with E-state index in [9.17, 15) is 4.79 Å². The molecule has 0 unspecified atom stereocenters. The number of amides is 1. The van der Waals surface area contributed by atoms with E-state index in [1.54, 1.807) is 23.2 Å². The lowest BCUT2D eigenvalue weighted by Gasteiger charge is -2.34. The first-order valence-corrected chi connectivity index (χ1v) is 8.29. The minimum absolute atomic E-state index is 0.0672. The van der Waals surface area contributed by atoms with Crippen LogP contribution in [0.2, 0.25) is 0 Å². The molecule has 2 aromatic rings. The van der Waals surface area contributed by atoms with Gasteiger partial charge in [-0.15, -0.1) is 5.10 Å². The summed E-state index contributed by atoms with van der Waals surface area (Å²) in [7, 11) is 0. The first kappa shape index (κ1) is 16.2. The summed E-state index contributed by atoms with van der Waals surface area (Å²) in [6.07, 6.45) is 5.37. The fourth-order valence-electron chi connectivity index (χ4n) is 2.59. The molecule has 0 spiro atoms. The molecule has 0 aliphatic carbocycles. The van der Waals surface area contributed by atoms with E-state index in [0.29, 0.717) is 37.9 Å². The van der Waals surface area contributed by atoms with Crippen molar-refractivity contribution in [1.29, 1.82) is 0 Å². The second-order valence-electron chi connectivity index (χ2n) is 5.68. The second-order valence-corrected chi connectivity index (χ2v) is 5.68. The molecule has 1 saturated heterocycles. The molecule has 3 heterocycles. The highest BCUT2D eigenvalue weighted by Crippen LogP contribution is 2.15. The van der Waals surface area contributed by atoms with Crippen molar-refractivity contribution in [3.8, 4) is 0 Å². The van der Waals surface area contributed by atoms with Crippen LogP contribution in [-0.4, -0.2) is 58.7 Å². The third-order valence-corrected chi connectivity index (χ3v) is 3.98. The third kappa shape index (κ3) is 3.81. The number of rotatable bonds is 6. The van der Waals surface area contributed by atoms with Gasteiger partial charge in [-0.05, 0) is 18.6 Å². The van der Waals surface area contributed by atoms with Crippen molar-refractivity contribution < 1.29 is 9.21 Å². The van der Waals surface area contributed by atoms with Gasteiger partial charge >= 0.3 is 0 Å². The molecule has 0 bridgehead atoms. The molecule has 3 rings (SSSR count). The Morgan fingerprint density at radius 3 is 2.88 bits per heavy atom. The molecule has 8 heteroatoms. The lowest BCUT2D eigenvalue weighted by molar-refractivity contribution is 0.0714. The molecular formula is C16H22N6O2. The summed E-state index contributed by atoms with van der Waals surface area (Å²) in [6, 6.07) is 3.42. The highest BCUT2D eigenvalue weighted by Gasteiger charge is 2.24. The molecule has 1 amide bonds. The molecule has 0 saturated carbocycles. The van der Waals surface area contributed by atoms with Crippen LogP contribution in [0.1, 0.15) is 30.3 Å². The second kappa shape index (κ2) is 7.76. The summed E-state index contributed by atoms with van der Waals surface area (Å²) >= 11 is 0. The summed E-state index contributed by atoms with van der Waals surface area (Å²) in [5.41, 5.74) is 0. The van der Waals surface area contributed by atoms with Gasteiger partial charge in [0.1, 0.15) is 0 Å². The minimum atomic E-state index is -0.0672. The number of unbranched alkanes of at least 4 members (excludes halogenated alkanes) is 1. The maximum absolute atomic E-state index is 12.3. The van der Waals surface area contributed by atoms with Crippen LogP contribution in [0.25, 0.3) is 0 Å². The van der Waals surface area contributed by atoms with Gasteiger partial charge in [-0.2, -0.15) is 10.1 Å². The first-order chi connectivity index (χ1) is 11.8. The van der Waals surface area contributed by atoms with E-state index in [-0.39, 0.29) is 5.91 Å². The fraction of sp³-hybridized carbons (Fsp3) is 0.500. The van der Waals surface area contributed by atoms with Crippen molar-refractivity contribution in [2.24, 2.45) is 0 Å². The van der Waals surface area contributed by atoms with Gasteiger partial charge in [0, 0.05) is 32.7 Å². The number of aromatic nitrogens is 3. The quantitative estimate of drug-likeness (QED) is 0.806. The summed E-state index contributed by atoms with van der Waals surface area (Å²) in [6.45, 7) is 5.65. The molecule has 128 valence electrons. The smallest absolute Gasteiger partial charge is 0.289 e. The van der Waals surface area contributed by atoms with Gasteiger partial charge in [0.25, 0.3) is 5.91 Å². The van der Waals surface area contributed by atoms with Crippen LogP contribution in [0, 0.1) is 0 Å². The van der Waals surface area contributed by atoms with Gasteiger partial charge in [-0.1, -0.05) is 13.3 Å². The normalized spacial score (nSPS) is 14.7. The Labute approximate surface area is 140 Å². The van der Waals surface area contributed by atoms with Crippen LogP contribution < -0.4 is 10.2 Å². The number of nitrogens with one attached hydrogen (secondary N) is 1. The average molecular weight is 330 g/mol. The van der Waals surface area contributed by atoms with Crippen molar-refractivity contribution in [2.75, 3.05) is 42.9 Å². The number of furan rings is 1. The Hall–Kier alpha value is -2.64. The van der Waals surface area contributed by atoms with Crippen molar-refractivity contribution in [3.05, 3.63) is 30.4 Å². The Morgan fingerprint density at radius 2 is 2.17 bits per heavy atom. The van der Waals surface area contributed by atoms with E-state index in [0.717, 1.165) is 25.2 Å². The van der Waals surface area contributed by atoms with E-state index >= 15 is 0 Å². The van der Waals surface area contributed by atoms with Gasteiger partial charge in [0.05, 0.1) is 12.5 Å². The number of carbonyl (C=O) groups excluding carboxylic acids is 1. The molecule has 8 nitrogen and oxygen atoms in total. The van der Waals surface area contributed by atoms with Crippen LogP contribution in [0.3, 0.4) is 0 Å². The van der Waals surface area contributed by atoms with Crippen molar-refractivity contribution in [3.63, 3.8) is 0 Å². The largest absolute Gasteiger partial charge is 0.459 e. The molecule has 1 N–H and O–H groups in total. The van der Waals surface area contributed by atoms with E-state index in [2.05, 4.69) is 32.3 Å². The van der Waals surface area contributed by atoms with Gasteiger partial charge < -0.3 is 19.5 Å². The van der Waals surface area contributed by atoms with Crippen LogP contribution in [-0.2, 0) is 0 Å². The predicted molar refractivity (Wildman–Crippen MR) is 90.0 cm³/mol. The summed E-state index contributed by atoms with van der Waals surface area (Å²) in [4.78, 5) is 20.7. The van der Waals surface area contributed by atoms with E-state index in [1.165, 1.54) is 6.26 Å². The van der Waals surface area contributed by atoms with E-state index in [4.69, 9.17) is 4.42 Å². The monoisotopic (exact) mass is 330 g/mol. The maximum Gasteiger partial charge on any atom is 0.289 e.